The van der Waals surface area contributed by atoms with Crippen LogP contribution in [-0.4, -0.2) is 33.2 Å². The second-order valence-electron chi connectivity index (χ2n) is 6.76. The van der Waals surface area contributed by atoms with E-state index in [4.69, 9.17) is 0 Å². The first-order valence-corrected chi connectivity index (χ1v) is 9.04. The van der Waals surface area contributed by atoms with E-state index in [-0.39, 0.29) is 30.7 Å². The lowest BCUT2D eigenvalue weighted by Crippen LogP contribution is -2.44. The Morgan fingerprint density at radius 1 is 1.28 bits per heavy atom. The van der Waals surface area contributed by atoms with Crippen LogP contribution in [0, 0.1) is 5.92 Å². The van der Waals surface area contributed by atoms with Crippen molar-refractivity contribution in [3.05, 3.63) is 40.8 Å². The zero-order chi connectivity index (χ0) is 17.6. The summed E-state index contributed by atoms with van der Waals surface area (Å²) in [6.45, 7) is 0.0239. The summed E-state index contributed by atoms with van der Waals surface area (Å²) >= 11 is 0. The van der Waals surface area contributed by atoms with E-state index < -0.39 is 0 Å². The third-order valence-corrected chi connectivity index (χ3v) is 5.06. The Hall–Kier alpha value is -2.21. The Bertz CT molecular complexity index is 781. The number of para-hydroxylation sites is 2. The summed E-state index contributed by atoms with van der Waals surface area (Å²) in [5.41, 5.74) is 1.06. The molecule has 0 aliphatic heterocycles. The molecule has 1 unspecified atom stereocenters. The number of aliphatic hydroxyl groups is 1. The predicted molar refractivity (Wildman–Crippen MR) is 96.2 cm³/mol. The van der Waals surface area contributed by atoms with Crippen molar-refractivity contribution in [2.45, 2.75) is 51.1 Å². The Balaban J connectivity index is 1.75. The number of carbonyl (C=O) groups is 1. The van der Waals surface area contributed by atoms with Crippen LogP contribution in [-0.2, 0) is 11.3 Å². The van der Waals surface area contributed by atoms with Crippen molar-refractivity contribution in [1.82, 2.24) is 14.9 Å². The maximum atomic E-state index is 12.6. The van der Waals surface area contributed by atoms with Gasteiger partial charge in [0.05, 0.1) is 17.2 Å². The minimum absolute atomic E-state index is 0.0263. The number of nitrogens with one attached hydrogen (secondary N) is 1. The zero-order valence-corrected chi connectivity index (χ0v) is 14.4. The first-order valence-electron chi connectivity index (χ1n) is 9.04. The van der Waals surface area contributed by atoms with Gasteiger partial charge in [-0.25, -0.2) is 4.98 Å². The van der Waals surface area contributed by atoms with Crippen molar-refractivity contribution < 1.29 is 9.90 Å². The maximum Gasteiger partial charge on any atom is 0.269 e. The minimum Gasteiger partial charge on any atom is -0.396 e. The molecule has 134 valence electrons. The molecule has 0 saturated heterocycles. The topological polar surface area (TPSA) is 84.2 Å². The predicted octanol–water partition coefficient (Wildman–Crippen LogP) is 1.84. The van der Waals surface area contributed by atoms with Crippen LogP contribution < -0.4 is 10.9 Å². The summed E-state index contributed by atoms with van der Waals surface area (Å²) in [5, 5.41) is 12.4. The quantitative estimate of drug-likeness (QED) is 0.838. The fourth-order valence-electron chi connectivity index (χ4n) is 3.78. The van der Waals surface area contributed by atoms with Gasteiger partial charge in [0.25, 0.3) is 5.56 Å². The maximum absolute atomic E-state index is 12.6. The second-order valence-corrected chi connectivity index (χ2v) is 6.76. The van der Waals surface area contributed by atoms with Crippen molar-refractivity contribution in [3.63, 3.8) is 0 Å². The highest BCUT2D eigenvalue weighted by atomic mass is 16.3. The molecule has 0 spiro atoms. The van der Waals surface area contributed by atoms with E-state index in [0.717, 1.165) is 12.8 Å². The van der Waals surface area contributed by atoms with Crippen LogP contribution in [0.15, 0.2) is 35.3 Å². The number of benzene rings is 1. The number of fused-ring (bicyclic) bond motifs is 1. The molecule has 1 aromatic carbocycles. The van der Waals surface area contributed by atoms with Gasteiger partial charge in [-0.3, -0.25) is 14.2 Å². The number of hydrogen-bond acceptors (Lipinski definition) is 4. The Morgan fingerprint density at radius 2 is 2.04 bits per heavy atom. The highest BCUT2D eigenvalue weighted by Gasteiger charge is 2.25. The molecule has 0 radical (unpaired) electrons. The normalized spacial score (nSPS) is 16.7. The minimum atomic E-state index is -0.287. The van der Waals surface area contributed by atoms with Gasteiger partial charge in [0.15, 0.2) is 0 Å². The first kappa shape index (κ1) is 17.6. The summed E-state index contributed by atoms with van der Waals surface area (Å²) in [5.74, 6) is 0.221. The van der Waals surface area contributed by atoms with Gasteiger partial charge in [-0.2, -0.15) is 0 Å². The molecule has 25 heavy (non-hydrogen) atoms. The van der Waals surface area contributed by atoms with E-state index in [1.165, 1.54) is 30.0 Å². The lowest BCUT2D eigenvalue weighted by atomic mass is 9.82. The monoisotopic (exact) mass is 343 g/mol. The van der Waals surface area contributed by atoms with Gasteiger partial charge in [0, 0.05) is 12.6 Å². The van der Waals surface area contributed by atoms with Gasteiger partial charge >= 0.3 is 0 Å². The summed E-state index contributed by atoms with van der Waals surface area (Å²) < 4.78 is 1.45. The molecule has 1 aromatic heterocycles. The number of aromatic nitrogens is 2. The van der Waals surface area contributed by atoms with Crippen LogP contribution in [0.3, 0.4) is 0 Å². The number of nitrogens with zero attached hydrogens (tertiary/aromatic N) is 2. The summed E-state index contributed by atoms with van der Waals surface area (Å²) in [7, 11) is 0. The molecule has 1 saturated carbocycles. The van der Waals surface area contributed by atoms with E-state index in [0.29, 0.717) is 23.4 Å². The average Bonchev–Trinajstić information content (AvgIpc) is 2.64. The molecule has 1 amide bonds. The second kappa shape index (κ2) is 8.25. The third-order valence-electron chi connectivity index (χ3n) is 5.06. The highest BCUT2D eigenvalue weighted by molar-refractivity contribution is 5.80. The van der Waals surface area contributed by atoms with E-state index in [1.807, 2.05) is 18.2 Å². The average molecular weight is 343 g/mol. The lowest BCUT2D eigenvalue weighted by molar-refractivity contribution is -0.123. The van der Waals surface area contributed by atoms with Crippen molar-refractivity contribution in [2.24, 2.45) is 5.92 Å². The van der Waals surface area contributed by atoms with Gasteiger partial charge < -0.3 is 10.4 Å². The van der Waals surface area contributed by atoms with Crippen LogP contribution >= 0.6 is 0 Å². The molecule has 2 aromatic rings. The standard InChI is InChI=1S/C19H25N3O3/c23-11-10-15(14-6-2-1-3-7-14)21-18(24)13-22-17-9-5-4-8-16(17)20-12-19(22)25/h4-5,8-9,12,14-15,23H,1-3,6-7,10-11,13H2,(H,21,24). The van der Waals surface area contributed by atoms with Crippen LogP contribution in [0.2, 0.25) is 0 Å². The molecule has 2 N–H and O–H groups in total. The zero-order valence-electron chi connectivity index (χ0n) is 14.4. The van der Waals surface area contributed by atoms with E-state index in [9.17, 15) is 14.7 Å². The molecule has 1 fully saturated rings. The number of rotatable bonds is 6. The molecular formula is C19H25N3O3. The van der Waals surface area contributed by atoms with Gasteiger partial charge in [-0.05, 0) is 37.3 Å². The van der Waals surface area contributed by atoms with Crippen molar-refractivity contribution in [3.8, 4) is 0 Å². The summed E-state index contributed by atoms with van der Waals surface area (Å²) in [6.07, 6.45) is 7.58. The van der Waals surface area contributed by atoms with E-state index in [1.54, 1.807) is 6.07 Å². The van der Waals surface area contributed by atoms with Gasteiger partial charge in [0.1, 0.15) is 6.54 Å². The van der Waals surface area contributed by atoms with Crippen molar-refractivity contribution >= 4 is 16.9 Å². The fourth-order valence-corrected chi connectivity index (χ4v) is 3.78. The Labute approximate surface area is 146 Å². The van der Waals surface area contributed by atoms with Crippen molar-refractivity contribution in [2.75, 3.05) is 6.61 Å². The van der Waals surface area contributed by atoms with E-state index in [2.05, 4.69) is 10.3 Å². The first-order chi connectivity index (χ1) is 12.2. The molecule has 1 heterocycles. The van der Waals surface area contributed by atoms with Gasteiger partial charge in [-0.15, -0.1) is 0 Å². The van der Waals surface area contributed by atoms with Crippen molar-refractivity contribution in [1.29, 1.82) is 0 Å². The summed E-state index contributed by atoms with van der Waals surface area (Å²) in [6, 6.07) is 7.27. The smallest absolute Gasteiger partial charge is 0.269 e. The number of carbonyl (C=O) groups excluding carboxylic acids is 1. The van der Waals surface area contributed by atoms with Gasteiger partial charge in [0.2, 0.25) is 5.91 Å². The molecule has 1 atom stereocenters. The SMILES string of the molecule is O=C(Cn1c(=O)cnc2ccccc21)NC(CCO)C1CCCCC1. The Kier molecular flexibility index (Phi) is 5.81. The molecule has 6 nitrogen and oxygen atoms in total. The molecule has 3 rings (SSSR count). The number of aliphatic hydroxyl groups excluding tert-OH is 1. The largest absolute Gasteiger partial charge is 0.396 e. The van der Waals surface area contributed by atoms with Crippen LogP contribution in [0.4, 0.5) is 0 Å². The van der Waals surface area contributed by atoms with Crippen LogP contribution in [0.25, 0.3) is 11.0 Å². The molecular weight excluding hydrogens is 318 g/mol. The number of amides is 1. The molecule has 6 heteroatoms. The fraction of sp³-hybridized carbons (Fsp3) is 0.526. The summed E-state index contributed by atoms with van der Waals surface area (Å²) in [4.78, 5) is 28.8. The van der Waals surface area contributed by atoms with Crippen LogP contribution in [0.1, 0.15) is 38.5 Å². The van der Waals surface area contributed by atoms with Crippen LogP contribution in [0.5, 0.6) is 0 Å². The Morgan fingerprint density at radius 3 is 2.80 bits per heavy atom. The van der Waals surface area contributed by atoms with Gasteiger partial charge in [-0.1, -0.05) is 31.4 Å². The molecule has 1 aliphatic rings. The highest BCUT2D eigenvalue weighted by Crippen LogP contribution is 2.27. The number of hydrogen-bond donors (Lipinski definition) is 2. The third kappa shape index (κ3) is 4.25. The van der Waals surface area contributed by atoms with E-state index >= 15 is 0 Å². The molecule has 0 bridgehead atoms. The molecule has 1 aliphatic carbocycles. The lowest BCUT2D eigenvalue weighted by Gasteiger charge is -2.30.